The minimum atomic E-state index is 0.0589. The molecule has 2 aliphatic rings. The molecule has 3 rings (SSSR count). The van der Waals surface area contributed by atoms with Crippen LogP contribution in [0.5, 0.6) is 0 Å². The highest BCUT2D eigenvalue weighted by atomic mass is 16.5. The Balaban J connectivity index is 1.66. The van der Waals surface area contributed by atoms with Gasteiger partial charge in [-0.3, -0.25) is 4.79 Å². The van der Waals surface area contributed by atoms with Crippen molar-refractivity contribution in [3.63, 3.8) is 0 Å². The number of carbonyl (C=O) groups is 1. The van der Waals surface area contributed by atoms with Crippen molar-refractivity contribution in [2.45, 2.75) is 31.3 Å². The van der Waals surface area contributed by atoms with Crippen LogP contribution in [0.3, 0.4) is 0 Å². The van der Waals surface area contributed by atoms with Gasteiger partial charge in [0, 0.05) is 18.2 Å². The van der Waals surface area contributed by atoms with Crippen LogP contribution in [0.2, 0.25) is 0 Å². The van der Waals surface area contributed by atoms with Gasteiger partial charge in [0.2, 0.25) is 5.91 Å². The molecule has 3 heterocycles. The molecule has 0 aliphatic carbocycles. The van der Waals surface area contributed by atoms with E-state index in [-0.39, 0.29) is 11.8 Å². The second-order valence-corrected chi connectivity index (χ2v) is 4.26. The predicted molar refractivity (Wildman–Crippen MR) is 53.2 cm³/mol. The molecule has 0 aromatic carbocycles. The Morgan fingerprint density at radius 1 is 1.60 bits per heavy atom. The van der Waals surface area contributed by atoms with Gasteiger partial charge in [0.25, 0.3) is 0 Å². The first-order chi connectivity index (χ1) is 7.33. The van der Waals surface area contributed by atoms with Crippen molar-refractivity contribution >= 4 is 11.7 Å². The maximum atomic E-state index is 11.9. The molecule has 80 valence electrons. The van der Waals surface area contributed by atoms with E-state index >= 15 is 0 Å². The number of fused-ring (bicyclic) bond motifs is 2. The molecule has 0 spiro atoms. The average Bonchev–Trinajstić information content (AvgIpc) is 2.93. The van der Waals surface area contributed by atoms with Crippen molar-refractivity contribution in [1.29, 1.82) is 0 Å². The van der Waals surface area contributed by atoms with Crippen LogP contribution in [-0.4, -0.2) is 23.1 Å². The Bertz CT molecular complexity index is 363. The molecule has 1 aromatic rings. The summed E-state index contributed by atoms with van der Waals surface area (Å²) in [6.45, 7) is 0. The fourth-order valence-electron chi connectivity index (χ4n) is 2.61. The summed E-state index contributed by atoms with van der Waals surface area (Å²) >= 11 is 0. The van der Waals surface area contributed by atoms with Crippen molar-refractivity contribution in [3.05, 3.63) is 12.3 Å². The SMILES string of the molecule is O=C(Nc1ccon1)C1CC2CCC1N2. The molecule has 5 nitrogen and oxygen atoms in total. The van der Waals surface area contributed by atoms with E-state index in [0.717, 1.165) is 12.8 Å². The monoisotopic (exact) mass is 207 g/mol. The van der Waals surface area contributed by atoms with Gasteiger partial charge in [0.15, 0.2) is 5.82 Å². The quantitative estimate of drug-likeness (QED) is 0.751. The van der Waals surface area contributed by atoms with E-state index in [1.807, 2.05) is 0 Å². The Morgan fingerprint density at radius 2 is 2.53 bits per heavy atom. The number of amides is 1. The first-order valence-electron chi connectivity index (χ1n) is 5.30. The van der Waals surface area contributed by atoms with E-state index in [1.165, 1.54) is 12.7 Å². The maximum Gasteiger partial charge on any atom is 0.230 e. The molecule has 2 aliphatic heterocycles. The highest BCUT2D eigenvalue weighted by Gasteiger charge is 2.42. The second kappa shape index (κ2) is 3.34. The molecule has 2 fully saturated rings. The van der Waals surface area contributed by atoms with Crippen molar-refractivity contribution < 1.29 is 9.32 Å². The minimum absolute atomic E-state index is 0.0589. The number of carbonyl (C=O) groups excluding carboxylic acids is 1. The van der Waals surface area contributed by atoms with Gasteiger partial charge in [-0.1, -0.05) is 5.16 Å². The largest absolute Gasteiger partial charge is 0.363 e. The standard InChI is InChI=1S/C10H13N3O2/c14-10(12-9-3-4-15-13-9)7-5-6-1-2-8(7)11-6/h3-4,6-8,11H,1-2,5H2,(H,12,13,14). The van der Waals surface area contributed by atoms with E-state index in [4.69, 9.17) is 0 Å². The number of hydrogen-bond donors (Lipinski definition) is 2. The van der Waals surface area contributed by atoms with Gasteiger partial charge < -0.3 is 15.2 Å². The van der Waals surface area contributed by atoms with Crippen molar-refractivity contribution in [2.75, 3.05) is 5.32 Å². The van der Waals surface area contributed by atoms with Gasteiger partial charge in [0.05, 0.1) is 5.92 Å². The van der Waals surface area contributed by atoms with Gasteiger partial charge in [0.1, 0.15) is 6.26 Å². The highest BCUT2D eigenvalue weighted by molar-refractivity contribution is 5.92. The number of hydrogen-bond acceptors (Lipinski definition) is 4. The third-order valence-electron chi connectivity index (χ3n) is 3.33. The van der Waals surface area contributed by atoms with Crippen LogP contribution in [-0.2, 0) is 4.79 Å². The zero-order valence-electron chi connectivity index (χ0n) is 8.27. The summed E-state index contributed by atoms with van der Waals surface area (Å²) in [5, 5.41) is 9.86. The number of rotatable bonds is 2. The fourth-order valence-corrected chi connectivity index (χ4v) is 2.61. The van der Waals surface area contributed by atoms with Crippen molar-refractivity contribution in [2.24, 2.45) is 5.92 Å². The number of aromatic nitrogens is 1. The van der Waals surface area contributed by atoms with Crippen LogP contribution in [0, 0.1) is 5.92 Å². The molecular weight excluding hydrogens is 194 g/mol. The first-order valence-corrected chi connectivity index (χ1v) is 5.30. The van der Waals surface area contributed by atoms with E-state index in [2.05, 4.69) is 20.3 Å². The summed E-state index contributed by atoms with van der Waals surface area (Å²) in [5.74, 6) is 0.659. The van der Waals surface area contributed by atoms with Gasteiger partial charge in [-0.2, -0.15) is 0 Å². The maximum absolute atomic E-state index is 11.9. The van der Waals surface area contributed by atoms with Gasteiger partial charge in [-0.05, 0) is 19.3 Å². The van der Waals surface area contributed by atoms with Gasteiger partial charge in [-0.15, -0.1) is 0 Å². The predicted octanol–water partition coefficient (Wildman–Crippen LogP) is 0.754. The van der Waals surface area contributed by atoms with E-state index in [0.29, 0.717) is 17.9 Å². The summed E-state index contributed by atoms with van der Waals surface area (Å²) in [7, 11) is 0. The van der Waals surface area contributed by atoms with E-state index in [1.54, 1.807) is 6.07 Å². The Hall–Kier alpha value is -1.36. The molecule has 2 bridgehead atoms. The third-order valence-corrected chi connectivity index (χ3v) is 3.33. The van der Waals surface area contributed by atoms with Gasteiger partial charge in [-0.25, -0.2) is 0 Å². The molecule has 3 atom stereocenters. The Morgan fingerprint density at radius 3 is 3.13 bits per heavy atom. The zero-order valence-corrected chi connectivity index (χ0v) is 8.27. The van der Waals surface area contributed by atoms with Crippen LogP contribution in [0.25, 0.3) is 0 Å². The molecule has 0 saturated carbocycles. The summed E-state index contributed by atoms with van der Waals surface area (Å²) in [5.41, 5.74) is 0. The first kappa shape index (κ1) is 8.91. The summed E-state index contributed by atoms with van der Waals surface area (Å²) in [6.07, 6.45) is 4.73. The number of nitrogens with zero attached hydrogens (tertiary/aromatic N) is 1. The molecule has 0 radical (unpaired) electrons. The van der Waals surface area contributed by atoms with Crippen molar-refractivity contribution in [3.8, 4) is 0 Å². The van der Waals surface area contributed by atoms with E-state index in [9.17, 15) is 4.79 Å². The molecule has 1 amide bonds. The van der Waals surface area contributed by atoms with Gasteiger partial charge >= 0.3 is 0 Å². The lowest BCUT2D eigenvalue weighted by molar-refractivity contribution is -0.120. The molecule has 2 N–H and O–H groups in total. The summed E-state index contributed by atoms with van der Waals surface area (Å²) < 4.78 is 4.66. The molecule has 5 heteroatoms. The number of anilines is 1. The smallest absolute Gasteiger partial charge is 0.230 e. The molecule has 3 unspecified atom stereocenters. The molecule has 15 heavy (non-hydrogen) atoms. The Kier molecular flexibility index (Phi) is 1.98. The van der Waals surface area contributed by atoms with Crippen molar-refractivity contribution in [1.82, 2.24) is 10.5 Å². The highest BCUT2D eigenvalue weighted by Crippen LogP contribution is 2.33. The van der Waals surface area contributed by atoms with Crippen LogP contribution in [0.4, 0.5) is 5.82 Å². The molecule has 1 aromatic heterocycles. The summed E-state index contributed by atoms with van der Waals surface area (Å²) in [4.78, 5) is 11.9. The summed E-state index contributed by atoms with van der Waals surface area (Å²) in [6, 6.07) is 2.56. The van der Waals surface area contributed by atoms with Crippen LogP contribution in [0.1, 0.15) is 19.3 Å². The lowest BCUT2D eigenvalue weighted by Gasteiger charge is -2.18. The van der Waals surface area contributed by atoms with Crippen LogP contribution >= 0.6 is 0 Å². The second-order valence-electron chi connectivity index (χ2n) is 4.26. The zero-order chi connectivity index (χ0) is 10.3. The Labute approximate surface area is 87.2 Å². The third kappa shape index (κ3) is 1.52. The average molecular weight is 207 g/mol. The lowest BCUT2D eigenvalue weighted by atomic mass is 9.88. The normalized spacial score (nSPS) is 33.2. The molecular formula is C10H13N3O2. The van der Waals surface area contributed by atoms with Crippen LogP contribution < -0.4 is 10.6 Å². The topological polar surface area (TPSA) is 67.2 Å². The number of nitrogens with one attached hydrogen (secondary N) is 2. The lowest BCUT2D eigenvalue weighted by Crippen LogP contribution is -2.32. The fraction of sp³-hybridized carbons (Fsp3) is 0.600. The van der Waals surface area contributed by atoms with Crippen LogP contribution in [0.15, 0.2) is 16.9 Å². The minimum Gasteiger partial charge on any atom is -0.363 e. The molecule has 2 saturated heterocycles. The van der Waals surface area contributed by atoms with E-state index < -0.39 is 0 Å².